The van der Waals surface area contributed by atoms with Gasteiger partial charge in [0.15, 0.2) is 50.3 Å². The average molecular weight is 1660 g/mol. The first kappa shape index (κ1) is 93.1. The predicted octanol–water partition coefficient (Wildman–Crippen LogP) is -18.9. The first-order chi connectivity index (χ1) is 53.2. The summed E-state index contributed by atoms with van der Waals surface area (Å²) in [6, 6.07) is -5.93. The van der Waals surface area contributed by atoms with Crippen molar-refractivity contribution in [2.45, 2.75) is 323 Å². The molecule has 654 valence electrons. The number of carboxylic acids is 1. The van der Waals surface area contributed by atoms with E-state index in [9.17, 15) is 152 Å². The smallest absolute Gasteiger partial charge is 0.364 e. The molecule has 50 nitrogen and oxygen atoms in total. The van der Waals surface area contributed by atoms with Gasteiger partial charge in [-0.05, 0) is 13.8 Å². The molecule has 50 heteroatoms. The lowest BCUT2D eigenvalue weighted by molar-refractivity contribution is -0.396. The number of hydrogen-bond donors (Lipinski definition) is 29. The molecular weight excluding hydrogens is 1550 g/mol. The van der Waals surface area contributed by atoms with Crippen LogP contribution in [0.3, 0.4) is 0 Å². The number of ether oxygens (including phenoxy) is 17. The van der Waals surface area contributed by atoms with Gasteiger partial charge in [0.1, 0.15) is 201 Å². The number of amides is 3. The normalized spacial score (nSPS) is 49.2. The van der Waals surface area contributed by atoms with Gasteiger partial charge in [0.2, 0.25) is 17.7 Å². The van der Waals surface area contributed by atoms with Crippen LogP contribution >= 0.6 is 0 Å². The number of aliphatic carboxylic acids is 1. The molecule has 9 aliphatic heterocycles. The lowest BCUT2D eigenvalue weighted by atomic mass is 9.88. The van der Waals surface area contributed by atoms with Crippen molar-refractivity contribution >= 4 is 23.7 Å². The van der Waals surface area contributed by atoms with E-state index < -0.39 is 358 Å². The van der Waals surface area contributed by atoms with Crippen molar-refractivity contribution in [3.05, 3.63) is 0 Å². The summed E-state index contributed by atoms with van der Waals surface area (Å²) in [5, 5.41) is 295. The highest BCUT2D eigenvalue weighted by atomic mass is 16.8. The van der Waals surface area contributed by atoms with Gasteiger partial charge in [-0.2, -0.15) is 0 Å². The van der Waals surface area contributed by atoms with Crippen LogP contribution in [0.4, 0.5) is 0 Å². The Morgan fingerprint density at radius 2 is 0.770 bits per heavy atom. The molecule has 29 N–H and O–H groups in total. The maximum atomic E-state index is 13.6. The van der Waals surface area contributed by atoms with Crippen LogP contribution in [0.15, 0.2) is 0 Å². The SMILES string of the molecule is CC(=O)N[C@H]1[C@H](OC[C@H]2O[C@@H](O[C@H]3[C@H](O)[C@@H](O)[C@H](O)O[C@@H]3CO)[C@H](O)[C@@H](O[C@@H]3O[C@H](CO[C@]4(C(=O)O)C[C@H](O)[C@@H](NC(C)=O)[C@H]([C@H](O)[C@H](O)CO)O4)[C@@H](O[C@@H]4O[C@H](CO)[C@H](O)[C@H](O)[C@H]4O[C@@H]4O[C@@H](C)[C@@H](O)[C@@H](O)[C@@H]4O)[C@H](O)[C@H]3NC(C)=O)[C@H]2O)O[C@H](CO)[C@@H](O[C@@H]2O[C@H](CO)[C@H](O)[C@H](O)[C@H]2O[C@@H]2O[C@@H](C)[C@@H](O)[C@@H](O)[C@@H]2O)[C@@H]1O. The number of nitrogens with one attached hydrogen (secondary N) is 3. The summed E-state index contributed by atoms with van der Waals surface area (Å²) in [6.07, 6.45) is -89.5. The summed E-state index contributed by atoms with van der Waals surface area (Å²) in [4.78, 5) is 52.6. The Bertz CT molecular complexity index is 3040. The second-order valence-corrected chi connectivity index (χ2v) is 28.9. The molecule has 0 aromatic rings. The first-order valence-corrected chi connectivity index (χ1v) is 36.0. The van der Waals surface area contributed by atoms with Gasteiger partial charge in [0.25, 0.3) is 5.79 Å². The Labute approximate surface area is 639 Å². The van der Waals surface area contributed by atoms with Crippen molar-refractivity contribution in [2.24, 2.45) is 0 Å². The van der Waals surface area contributed by atoms with Gasteiger partial charge >= 0.3 is 5.97 Å². The quantitative estimate of drug-likeness (QED) is 0.0331. The van der Waals surface area contributed by atoms with E-state index in [-0.39, 0.29) is 0 Å². The van der Waals surface area contributed by atoms with Crippen LogP contribution in [-0.4, -0.2) is 484 Å². The lowest BCUT2D eigenvalue weighted by Crippen LogP contribution is -2.71. The topological polar surface area (TPSA) is 787 Å². The van der Waals surface area contributed by atoms with Crippen LogP contribution in [-0.2, 0) is 99.7 Å². The number of carbonyl (C=O) groups is 4. The Morgan fingerprint density at radius 3 is 1.24 bits per heavy atom. The number of rotatable bonds is 29. The van der Waals surface area contributed by atoms with Crippen molar-refractivity contribution in [3.8, 4) is 0 Å². The van der Waals surface area contributed by atoms with Crippen molar-refractivity contribution < 1.29 is 232 Å². The maximum Gasteiger partial charge on any atom is 0.364 e. The Hall–Kier alpha value is -3.80. The van der Waals surface area contributed by atoms with E-state index in [1.54, 1.807) is 0 Å². The molecular formula is C63H105N3O47. The minimum atomic E-state index is -3.31. The first-order valence-electron chi connectivity index (χ1n) is 36.0. The minimum absolute atomic E-state index is 0.852. The highest BCUT2D eigenvalue weighted by Gasteiger charge is 2.62. The van der Waals surface area contributed by atoms with Crippen molar-refractivity contribution in [1.82, 2.24) is 16.0 Å². The van der Waals surface area contributed by atoms with Gasteiger partial charge in [-0.25, -0.2) is 4.79 Å². The third-order valence-corrected chi connectivity index (χ3v) is 20.9. The highest BCUT2D eigenvalue weighted by Crippen LogP contribution is 2.41. The van der Waals surface area contributed by atoms with E-state index in [4.69, 9.17) is 80.5 Å². The highest BCUT2D eigenvalue weighted by molar-refractivity contribution is 5.77. The number of aliphatic hydroxyl groups excluding tert-OH is 25. The second kappa shape index (κ2) is 39.6. The molecule has 0 spiro atoms. The Balaban J connectivity index is 1.07. The lowest BCUT2D eigenvalue weighted by Gasteiger charge is -2.51. The molecule has 9 fully saturated rings. The van der Waals surface area contributed by atoms with Crippen LogP contribution in [0.25, 0.3) is 0 Å². The van der Waals surface area contributed by atoms with Gasteiger partial charge in [0, 0.05) is 27.2 Å². The Kier molecular flexibility index (Phi) is 32.6. The fourth-order valence-electron chi connectivity index (χ4n) is 14.5. The molecule has 0 saturated carbocycles. The Morgan fingerprint density at radius 1 is 0.381 bits per heavy atom. The predicted molar refractivity (Wildman–Crippen MR) is 346 cm³/mol. The number of aliphatic hydroxyl groups is 25. The van der Waals surface area contributed by atoms with Gasteiger partial charge < -0.3 is 229 Å². The van der Waals surface area contributed by atoms with Crippen LogP contribution < -0.4 is 16.0 Å². The molecule has 3 amide bonds. The molecule has 9 rings (SSSR count). The number of carboxylic acid groups (broad SMARTS) is 1. The van der Waals surface area contributed by atoms with Gasteiger partial charge in [-0.3, -0.25) is 14.4 Å². The third-order valence-electron chi connectivity index (χ3n) is 20.9. The summed E-state index contributed by atoms with van der Waals surface area (Å²) in [5.74, 6) is -8.43. The molecule has 0 aromatic heterocycles. The summed E-state index contributed by atoms with van der Waals surface area (Å²) in [7, 11) is 0. The molecule has 9 aliphatic rings. The summed E-state index contributed by atoms with van der Waals surface area (Å²) < 4.78 is 100. The van der Waals surface area contributed by atoms with E-state index in [1.807, 2.05) is 0 Å². The third kappa shape index (κ3) is 20.3. The zero-order chi connectivity index (χ0) is 83.6. The fourth-order valence-corrected chi connectivity index (χ4v) is 14.5. The van der Waals surface area contributed by atoms with Gasteiger partial charge in [-0.1, -0.05) is 0 Å². The van der Waals surface area contributed by atoms with E-state index in [0.29, 0.717) is 0 Å². The van der Waals surface area contributed by atoms with Crippen molar-refractivity contribution in [3.63, 3.8) is 0 Å². The molecule has 113 heavy (non-hydrogen) atoms. The van der Waals surface area contributed by atoms with Crippen molar-refractivity contribution in [2.75, 3.05) is 46.2 Å². The monoisotopic (exact) mass is 1660 g/mol. The van der Waals surface area contributed by atoms with Gasteiger partial charge in [0.05, 0.1) is 70.6 Å². The van der Waals surface area contributed by atoms with Crippen LogP contribution in [0.5, 0.6) is 0 Å². The van der Waals surface area contributed by atoms with E-state index in [0.717, 1.165) is 20.8 Å². The molecule has 46 atom stereocenters. The molecule has 0 radical (unpaired) electrons. The second-order valence-electron chi connectivity index (χ2n) is 28.9. The molecule has 9 heterocycles. The van der Waals surface area contributed by atoms with Crippen molar-refractivity contribution in [1.29, 1.82) is 0 Å². The fraction of sp³-hybridized carbons (Fsp3) is 0.937. The summed E-state index contributed by atoms with van der Waals surface area (Å²) >= 11 is 0. The number of carbonyl (C=O) groups excluding carboxylic acids is 3. The van der Waals surface area contributed by atoms with E-state index in [2.05, 4.69) is 16.0 Å². The average Bonchev–Trinajstić information content (AvgIpc) is 0.752. The van der Waals surface area contributed by atoms with E-state index >= 15 is 0 Å². The summed E-state index contributed by atoms with van der Waals surface area (Å²) in [5.41, 5.74) is 0. The maximum absolute atomic E-state index is 13.6. The molecule has 0 unspecified atom stereocenters. The zero-order valence-corrected chi connectivity index (χ0v) is 60.8. The molecule has 9 saturated heterocycles. The van der Waals surface area contributed by atoms with Gasteiger partial charge in [-0.15, -0.1) is 0 Å². The minimum Gasteiger partial charge on any atom is -0.477 e. The molecule has 0 bridgehead atoms. The zero-order valence-electron chi connectivity index (χ0n) is 60.8. The van der Waals surface area contributed by atoms with Crippen LogP contribution in [0.2, 0.25) is 0 Å². The summed E-state index contributed by atoms with van der Waals surface area (Å²) in [6.45, 7) is -3.06. The molecule has 0 aromatic carbocycles. The van der Waals surface area contributed by atoms with Crippen LogP contribution in [0.1, 0.15) is 41.0 Å². The largest absolute Gasteiger partial charge is 0.477 e. The van der Waals surface area contributed by atoms with Crippen LogP contribution in [0, 0.1) is 0 Å². The molecule has 0 aliphatic carbocycles. The van der Waals surface area contributed by atoms with E-state index in [1.165, 1.54) is 13.8 Å². The standard InChI is InChI=1S/C63H105N3O47/c1-14-30(77)38(85)44(91)57(99-14)111-52-40(87)33(80)21(8-68)102-60(52)108-47-24(11-71)104-55(28(36(47)83)65-17(4)73)97-12-25-35(82)51(46(93)59(105-25)107-48-23(10-70)101-54(94)43(90)42(48)89)110-56-29(66-18(5)74)37(84)49(109-61-53(41(88)34(81)22(9-69)103-61)112-58-45(92)39(86)31(78)15(2)100-58)26(106-56)13-98-63(62(95)96)6-19(75)27(64-16(3)72)50(113-63)32(79)20(76)7-67/h14-15,19-61,67-71,75-94H,6-13H2,1-5H3,(H,64,72)(H,65,73)(H,66,74)(H,95,96)/t14-,15-,19-,20+,21+,22+,23+,24+,25+,26+,27+,28+,29+,30+,31+,32+,33-,34-,35-,36+,37+,38+,39+,40-,41-,42+,43+,44-,45-,46+,47+,48+,49+,50+,51-,52+,53+,54+,55+,56-,57-,58-,59-,60-,61-,63+/m0/s1. The number of hydrogen-bond acceptors (Lipinski definition) is 46.